The minimum Gasteiger partial charge on any atom is -0.349 e. The van der Waals surface area contributed by atoms with Crippen molar-refractivity contribution in [3.63, 3.8) is 0 Å². The summed E-state index contributed by atoms with van der Waals surface area (Å²) in [6, 6.07) is 15.0. The number of nitrogens with zero attached hydrogens (tertiary/aromatic N) is 4. The van der Waals surface area contributed by atoms with E-state index in [0.717, 1.165) is 35.7 Å². The second-order valence-electron chi connectivity index (χ2n) is 9.20. The van der Waals surface area contributed by atoms with E-state index in [1.165, 1.54) is 48.2 Å². The van der Waals surface area contributed by atoms with Crippen molar-refractivity contribution in [3.8, 4) is 0 Å². The molecule has 1 atom stereocenters. The van der Waals surface area contributed by atoms with E-state index in [0.29, 0.717) is 11.8 Å². The molecule has 1 N–H and O–H groups in total. The van der Waals surface area contributed by atoms with Crippen LogP contribution in [0.1, 0.15) is 57.2 Å². The quantitative estimate of drug-likeness (QED) is 0.516. The van der Waals surface area contributed by atoms with Gasteiger partial charge in [-0.05, 0) is 54.9 Å². The van der Waals surface area contributed by atoms with Crippen molar-refractivity contribution in [1.82, 2.24) is 20.1 Å². The van der Waals surface area contributed by atoms with E-state index in [-0.39, 0.29) is 11.9 Å². The van der Waals surface area contributed by atoms with Gasteiger partial charge >= 0.3 is 0 Å². The summed E-state index contributed by atoms with van der Waals surface area (Å²) < 4.78 is 2.28. The monoisotopic (exact) mass is 449 g/mol. The standard InChI is InChI=1S/C25H31N5OS/c1-17-12-14-29(15-13-17)24-27-28-25(30(24)20-10-11-20)32-16-23(31)26-18(2)21-9-5-7-19-6-3-4-8-22(19)21/h3-9,17-18,20H,10-16H2,1-2H3,(H,26,31). The van der Waals surface area contributed by atoms with Gasteiger partial charge in [-0.2, -0.15) is 0 Å². The van der Waals surface area contributed by atoms with Crippen LogP contribution in [0.2, 0.25) is 0 Å². The Hall–Kier alpha value is -2.54. The number of benzene rings is 2. The van der Waals surface area contributed by atoms with E-state index in [9.17, 15) is 4.79 Å². The normalized spacial score (nSPS) is 18.1. The number of anilines is 1. The SMILES string of the molecule is CC1CCN(c2nnc(SCC(=O)NC(C)c3cccc4ccccc34)n2C2CC2)CC1. The number of hydrogen-bond donors (Lipinski definition) is 1. The molecule has 1 saturated heterocycles. The summed E-state index contributed by atoms with van der Waals surface area (Å²) in [6.45, 7) is 6.45. The Bertz CT molecular complexity index is 1100. The summed E-state index contributed by atoms with van der Waals surface area (Å²) in [7, 11) is 0. The number of thioether (sulfide) groups is 1. The summed E-state index contributed by atoms with van der Waals surface area (Å²) in [5.41, 5.74) is 1.14. The van der Waals surface area contributed by atoms with Gasteiger partial charge in [0.2, 0.25) is 11.9 Å². The molecule has 2 aliphatic rings. The molecule has 32 heavy (non-hydrogen) atoms. The van der Waals surface area contributed by atoms with Gasteiger partial charge in [-0.3, -0.25) is 9.36 Å². The predicted molar refractivity (Wildman–Crippen MR) is 130 cm³/mol. The van der Waals surface area contributed by atoms with Crippen molar-refractivity contribution in [3.05, 3.63) is 48.0 Å². The Labute approximate surface area is 193 Å². The lowest BCUT2D eigenvalue weighted by molar-refractivity contribution is -0.119. The lowest BCUT2D eigenvalue weighted by Gasteiger charge is -2.31. The fourth-order valence-corrected chi connectivity index (χ4v) is 5.38. The second kappa shape index (κ2) is 9.14. The molecule has 1 aliphatic carbocycles. The molecule has 1 amide bonds. The number of fused-ring (bicyclic) bond motifs is 1. The third kappa shape index (κ3) is 4.49. The molecule has 168 valence electrons. The highest BCUT2D eigenvalue weighted by Gasteiger charge is 2.32. The number of carbonyl (C=O) groups is 1. The van der Waals surface area contributed by atoms with E-state index >= 15 is 0 Å². The Balaban J connectivity index is 1.24. The first-order chi connectivity index (χ1) is 15.6. The largest absolute Gasteiger partial charge is 0.349 e. The van der Waals surface area contributed by atoms with Crippen LogP contribution in [0.15, 0.2) is 47.6 Å². The molecule has 0 spiro atoms. The summed E-state index contributed by atoms with van der Waals surface area (Å²) in [5, 5.41) is 15.4. The van der Waals surface area contributed by atoms with Crippen molar-refractivity contribution in [2.75, 3.05) is 23.7 Å². The molecule has 1 saturated carbocycles. The average molecular weight is 450 g/mol. The third-order valence-corrected chi connectivity index (χ3v) is 7.57. The van der Waals surface area contributed by atoms with Gasteiger partial charge < -0.3 is 10.2 Å². The van der Waals surface area contributed by atoms with E-state index < -0.39 is 0 Å². The Kier molecular flexibility index (Phi) is 6.09. The van der Waals surface area contributed by atoms with E-state index in [1.54, 1.807) is 0 Å². The zero-order valence-corrected chi connectivity index (χ0v) is 19.6. The first-order valence-electron chi connectivity index (χ1n) is 11.7. The van der Waals surface area contributed by atoms with Gasteiger partial charge in [0.1, 0.15) is 0 Å². The minimum absolute atomic E-state index is 0.0223. The lowest BCUT2D eigenvalue weighted by atomic mass is 10.00. The number of aromatic nitrogens is 3. The first kappa shape index (κ1) is 21.3. The van der Waals surface area contributed by atoms with Gasteiger partial charge in [0, 0.05) is 19.1 Å². The molecule has 7 heteroatoms. The molecule has 0 radical (unpaired) electrons. The third-order valence-electron chi connectivity index (χ3n) is 6.62. The van der Waals surface area contributed by atoms with Crippen LogP contribution in [0.5, 0.6) is 0 Å². The number of nitrogens with one attached hydrogen (secondary N) is 1. The van der Waals surface area contributed by atoms with Gasteiger partial charge in [-0.25, -0.2) is 0 Å². The number of rotatable bonds is 7. The first-order valence-corrected chi connectivity index (χ1v) is 12.7. The second-order valence-corrected chi connectivity index (χ2v) is 10.1. The van der Waals surface area contributed by atoms with Crippen LogP contribution in [0.3, 0.4) is 0 Å². The lowest BCUT2D eigenvalue weighted by Crippen LogP contribution is -2.34. The topological polar surface area (TPSA) is 63.1 Å². The molecule has 1 aliphatic heterocycles. The molecule has 5 rings (SSSR count). The average Bonchev–Trinajstić information content (AvgIpc) is 3.56. The van der Waals surface area contributed by atoms with E-state index in [2.05, 4.69) is 62.2 Å². The molecular weight excluding hydrogens is 418 g/mol. The molecule has 2 fully saturated rings. The fourth-order valence-electron chi connectivity index (χ4n) is 4.56. The maximum atomic E-state index is 12.8. The van der Waals surface area contributed by atoms with Crippen molar-refractivity contribution in [1.29, 1.82) is 0 Å². The van der Waals surface area contributed by atoms with Crippen LogP contribution in [-0.2, 0) is 4.79 Å². The molecule has 2 aromatic carbocycles. The number of carbonyl (C=O) groups excluding carboxylic acids is 1. The van der Waals surface area contributed by atoms with E-state index in [1.807, 2.05) is 19.1 Å². The molecule has 1 unspecified atom stereocenters. The zero-order valence-electron chi connectivity index (χ0n) is 18.8. The van der Waals surface area contributed by atoms with Crippen LogP contribution in [0, 0.1) is 5.92 Å². The minimum atomic E-state index is -0.0543. The predicted octanol–water partition coefficient (Wildman–Crippen LogP) is 4.97. The van der Waals surface area contributed by atoms with Crippen molar-refractivity contribution in [2.24, 2.45) is 5.92 Å². The summed E-state index contributed by atoms with van der Waals surface area (Å²) >= 11 is 1.50. The molecule has 3 aromatic rings. The maximum absolute atomic E-state index is 12.8. The van der Waals surface area contributed by atoms with Crippen LogP contribution in [0.25, 0.3) is 10.8 Å². The summed E-state index contributed by atoms with van der Waals surface area (Å²) in [6.07, 6.45) is 4.75. The number of hydrogen-bond acceptors (Lipinski definition) is 5. The Morgan fingerprint density at radius 2 is 1.84 bits per heavy atom. The molecule has 6 nitrogen and oxygen atoms in total. The van der Waals surface area contributed by atoms with Crippen LogP contribution in [-0.4, -0.2) is 39.5 Å². The van der Waals surface area contributed by atoms with Crippen molar-refractivity contribution < 1.29 is 4.79 Å². The smallest absolute Gasteiger partial charge is 0.230 e. The van der Waals surface area contributed by atoms with Gasteiger partial charge in [-0.1, -0.05) is 61.2 Å². The van der Waals surface area contributed by atoms with Crippen LogP contribution in [0.4, 0.5) is 5.95 Å². The van der Waals surface area contributed by atoms with Crippen molar-refractivity contribution in [2.45, 2.75) is 56.8 Å². The summed E-state index contributed by atoms with van der Waals surface area (Å²) in [5.74, 6) is 2.14. The van der Waals surface area contributed by atoms with Crippen LogP contribution >= 0.6 is 11.8 Å². The summed E-state index contributed by atoms with van der Waals surface area (Å²) in [4.78, 5) is 15.2. The molecule has 1 aromatic heterocycles. The van der Waals surface area contributed by atoms with Crippen LogP contribution < -0.4 is 10.2 Å². The van der Waals surface area contributed by atoms with Gasteiger partial charge in [0.15, 0.2) is 5.16 Å². The highest BCUT2D eigenvalue weighted by molar-refractivity contribution is 7.99. The number of amides is 1. The zero-order chi connectivity index (χ0) is 22.1. The number of piperidine rings is 1. The highest BCUT2D eigenvalue weighted by atomic mass is 32.2. The maximum Gasteiger partial charge on any atom is 0.230 e. The Morgan fingerprint density at radius 3 is 2.62 bits per heavy atom. The fraction of sp³-hybridized carbons (Fsp3) is 0.480. The van der Waals surface area contributed by atoms with Gasteiger partial charge in [0.25, 0.3) is 0 Å². The Morgan fingerprint density at radius 1 is 1.09 bits per heavy atom. The van der Waals surface area contributed by atoms with Gasteiger partial charge in [0.05, 0.1) is 11.8 Å². The van der Waals surface area contributed by atoms with Crippen molar-refractivity contribution >= 4 is 34.4 Å². The molecule has 2 heterocycles. The molecule has 0 bridgehead atoms. The van der Waals surface area contributed by atoms with E-state index in [4.69, 9.17) is 0 Å². The molecular formula is C25H31N5OS. The van der Waals surface area contributed by atoms with Gasteiger partial charge in [-0.15, -0.1) is 10.2 Å². The highest BCUT2D eigenvalue weighted by Crippen LogP contribution is 2.41.